The van der Waals surface area contributed by atoms with E-state index in [0.717, 1.165) is 5.56 Å². The number of rotatable bonds is 10. The van der Waals surface area contributed by atoms with E-state index in [9.17, 15) is 18.0 Å². The number of nitrogens with zero attached hydrogens (tertiary/aromatic N) is 7. The number of amides is 3. The standard InChI is InChI=1S/C28H32N10O5S/c1-18-14-43-10-9-38(18)27-25(22-7-8-30-17-32-22)23(15-44(41,42)16-24(29)39)35-26(36-27)20-3-5-21(6-4-20)34-28(40)31-11-19-12-33-37(2)13-19/h3-8,12-13,17-18H,9-11,14-16H2,1-2H3,(H2,29,39)(H2,31,34,40)/t18-/m0/s1. The van der Waals surface area contributed by atoms with Gasteiger partial charge in [-0.15, -0.1) is 0 Å². The molecular weight excluding hydrogens is 588 g/mol. The lowest BCUT2D eigenvalue weighted by Crippen LogP contribution is -2.44. The molecule has 3 amide bonds. The molecule has 0 bridgehead atoms. The summed E-state index contributed by atoms with van der Waals surface area (Å²) < 4.78 is 33.3. The van der Waals surface area contributed by atoms with Crippen LogP contribution in [-0.4, -0.2) is 81.6 Å². The van der Waals surface area contributed by atoms with Crippen molar-refractivity contribution in [3.8, 4) is 22.6 Å². The number of hydrogen-bond donors (Lipinski definition) is 3. The molecule has 1 aromatic carbocycles. The molecule has 4 N–H and O–H groups in total. The van der Waals surface area contributed by atoms with Crippen LogP contribution in [-0.2, 0) is 38.7 Å². The fraction of sp³-hybridized carbons (Fsp3) is 0.321. The zero-order valence-corrected chi connectivity index (χ0v) is 25.0. The van der Waals surface area contributed by atoms with Gasteiger partial charge in [0.15, 0.2) is 15.7 Å². The molecule has 16 heteroatoms. The Morgan fingerprint density at radius 3 is 2.61 bits per heavy atom. The highest BCUT2D eigenvalue weighted by Gasteiger charge is 2.29. The predicted molar refractivity (Wildman–Crippen MR) is 162 cm³/mol. The van der Waals surface area contributed by atoms with Crippen molar-refractivity contribution in [1.29, 1.82) is 0 Å². The van der Waals surface area contributed by atoms with Gasteiger partial charge in [0.25, 0.3) is 0 Å². The minimum absolute atomic E-state index is 0.0843. The molecule has 0 saturated carbocycles. The molecule has 0 radical (unpaired) electrons. The van der Waals surface area contributed by atoms with Gasteiger partial charge in [-0.2, -0.15) is 5.10 Å². The maximum absolute atomic E-state index is 13.0. The number of aromatic nitrogens is 6. The van der Waals surface area contributed by atoms with E-state index < -0.39 is 33.3 Å². The quantitative estimate of drug-likeness (QED) is 0.231. The number of sulfone groups is 1. The molecular formula is C28H32N10O5S. The highest BCUT2D eigenvalue weighted by molar-refractivity contribution is 7.91. The van der Waals surface area contributed by atoms with Gasteiger partial charge < -0.3 is 26.0 Å². The van der Waals surface area contributed by atoms with Crippen LogP contribution in [0.3, 0.4) is 0 Å². The first-order valence-electron chi connectivity index (χ1n) is 13.7. The number of benzene rings is 1. The smallest absolute Gasteiger partial charge is 0.319 e. The number of hydrogen-bond acceptors (Lipinski definition) is 11. The number of aryl methyl sites for hydroxylation is 1. The summed E-state index contributed by atoms with van der Waals surface area (Å²) in [4.78, 5) is 44.0. The maximum Gasteiger partial charge on any atom is 0.319 e. The van der Waals surface area contributed by atoms with E-state index in [1.54, 1.807) is 54.5 Å². The van der Waals surface area contributed by atoms with Gasteiger partial charge in [0.05, 0.1) is 48.2 Å². The second-order valence-electron chi connectivity index (χ2n) is 10.3. The molecule has 1 aliphatic rings. The van der Waals surface area contributed by atoms with Crippen LogP contribution in [0.2, 0.25) is 0 Å². The maximum atomic E-state index is 13.0. The van der Waals surface area contributed by atoms with Crippen molar-refractivity contribution in [1.82, 2.24) is 35.0 Å². The molecule has 1 atom stereocenters. The summed E-state index contributed by atoms with van der Waals surface area (Å²) in [5.41, 5.74) is 8.22. The Bertz CT molecular complexity index is 1750. The van der Waals surface area contributed by atoms with Crippen LogP contribution >= 0.6 is 0 Å². The monoisotopic (exact) mass is 620 g/mol. The summed E-state index contributed by atoms with van der Waals surface area (Å²) in [6.07, 6.45) is 6.38. The topological polar surface area (TPSA) is 200 Å². The first-order valence-corrected chi connectivity index (χ1v) is 15.5. The Morgan fingerprint density at radius 1 is 1.16 bits per heavy atom. The number of nitrogens with one attached hydrogen (secondary N) is 2. The molecule has 4 aromatic rings. The molecule has 5 rings (SSSR count). The molecule has 1 aliphatic heterocycles. The van der Waals surface area contributed by atoms with Gasteiger partial charge in [-0.3, -0.25) is 9.48 Å². The molecule has 44 heavy (non-hydrogen) atoms. The molecule has 15 nitrogen and oxygen atoms in total. The van der Waals surface area contributed by atoms with E-state index in [2.05, 4.69) is 30.7 Å². The number of carbonyl (C=O) groups is 2. The van der Waals surface area contributed by atoms with Crippen LogP contribution in [0, 0.1) is 0 Å². The van der Waals surface area contributed by atoms with Crippen molar-refractivity contribution in [2.75, 3.05) is 35.7 Å². The lowest BCUT2D eigenvalue weighted by Gasteiger charge is -2.36. The third kappa shape index (κ3) is 7.51. The average Bonchev–Trinajstić information content (AvgIpc) is 3.41. The molecule has 230 valence electrons. The number of anilines is 2. The van der Waals surface area contributed by atoms with E-state index in [1.807, 2.05) is 18.0 Å². The van der Waals surface area contributed by atoms with Crippen molar-refractivity contribution in [3.63, 3.8) is 0 Å². The summed E-state index contributed by atoms with van der Waals surface area (Å²) >= 11 is 0. The number of ether oxygens (including phenoxy) is 1. The number of carbonyl (C=O) groups excluding carboxylic acids is 2. The summed E-state index contributed by atoms with van der Waals surface area (Å²) in [6, 6.07) is 8.02. The van der Waals surface area contributed by atoms with E-state index in [1.165, 1.54) is 6.33 Å². The van der Waals surface area contributed by atoms with E-state index in [0.29, 0.717) is 54.6 Å². The Hall–Kier alpha value is -4.96. The lowest BCUT2D eigenvalue weighted by atomic mass is 10.1. The Balaban J connectivity index is 1.51. The normalized spacial score (nSPS) is 15.1. The van der Waals surface area contributed by atoms with Crippen molar-refractivity contribution in [3.05, 3.63) is 66.5 Å². The van der Waals surface area contributed by atoms with E-state index in [-0.39, 0.29) is 17.6 Å². The second-order valence-corrected chi connectivity index (χ2v) is 12.4. The minimum atomic E-state index is -3.98. The second kappa shape index (κ2) is 13.1. The third-order valence-electron chi connectivity index (χ3n) is 6.77. The van der Waals surface area contributed by atoms with Crippen LogP contribution < -0.4 is 21.3 Å². The van der Waals surface area contributed by atoms with Gasteiger partial charge in [-0.05, 0) is 37.3 Å². The fourth-order valence-electron chi connectivity index (χ4n) is 4.78. The molecule has 1 saturated heterocycles. The highest BCUT2D eigenvalue weighted by atomic mass is 32.2. The summed E-state index contributed by atoms with van der Waals surface area (Å²) in [5, 5.41) is 9.64. The fourth-order valence-corrected chi connectivity index (χ4v) is 5.94. The van der Waals surface area contributed by atoms with Crippen LogP contribution in [0.1, 0.15) is 18.2 Å². The van der Waals surface area contributed by atoms with Crippen molar-refractivity contribution >= 4 is 33.3 Å². The van der Waals surface area contributed by atoms with Crippen molar-refractivity contribution < 1.29 is 22.7 Å². The third-order valence-corrected chi connectivity index (χ3v) is 8.21. The average molecular weight is 621 g/mol. The zero-order chi connectivity index (χ0) is 31.3. The first-order chi connectivity index (χ1) is 21.1. The molecule has 0 spiro atoms. The number of nitrogens with two attached hydrogens (primary N) is 1. The van der Waals surface area contributed by atoms with Crippen LogP contribution in [0.15, 0.2) is 55.2 Å². The zero-order valence-electron chi connectivity index (χ0n) is 24.2. The van der Waals surface area contributed by atoms with E-state index >= 15 is 0 Å². The minimum Gasteiger partial charge on any atom is -0.377 e. The largest absolute Gasteiger partial charge is 0.377 e. The molecule has 0 unspecified atom stereocenters. The van der Waals surface area contributed by atoms with Crippen molar-refractivity contribution in [2.45, 2.75) is 25.3 Å². The van der Waals surface area contributed by atoms with Crippen LogP contribution in [0.4, 0.5) is 16.3 Å². The number of urea groups is 1. The Kier molecular flexibility index (Phi) is 9.10. The molecule has 1 fully saturated rings. The lowest BCUT2D eigenvalue weighted by molar-refractivity contribution is -0.115. The highest BCUT2D eigenvalue weighted by Crippen LogP contribution is 2.35. The Morgan fingerprint density at radius 2 is 1.95 bits per heavy atom. The van der Waals surface area contributed by atoms with E-state index in [4.69, 9.17) is 15.5 Å². The van der Waals surface area contributed by atoms with Gasteiger partial charge >= 0.3 is 6.03 Å². The molecule has 3 aromatic heterocycles. The van der Waals surface area contributed by atoms with Crippen LogP contribution in [0.25, 0.3) is 22.6 Å². The Labute approximate surface area is 253 Å². The number of morpholine rings is 1. The number of primary amides is 1. The van der Waals surface area contributed by atoms with Gasteiger partial charge in [0.2, 0.25) is 5.91 Å². The summed E-state index contributed by atoms with van der Waals surface area (Å²) in [6.45, 7) is 3.69. The first kappa shape index (κ1) is 30.5. The SMILES string of the molecule is C[C@H]1COCCN1c1nc(-c2ccc(NC(=O)NCc3cnn(C)c3)cc2)nc(CS(=O)(=O)CC(N)=O)c1-c1ccncn1. The molecule has 4 heterocycles. The summed E-state index contributed by atoms with van der Waals surface area (Å²) in [7, 11) is -2.18. The van der Waals surface area contributed by atoms with Gasteiger partial charge in [-0.1, -0.05) is 0 Å². The van der Waals surface area contributed by atoms with Gasteiger partial charge in [0.1, 0.15) is 17.9 Å². The van der Waals surface area contributed by atoms with Crippen LogP contribution in [0.5, 0.6) is 0 Å². The summed E-state index contributed by atoms with van der Waals surface area (Å²) in [5.74, 6) is -1.62. The predicted octanol–water partition coefficient (Wildman–Crippen LogP) is 1.28. The van der Waals surface area contributed by atoms with Gasteiger partial charge in [-0.25, -0.2) is 33.1 Å². The van der Waals surface area contributed by atoms with Gasteiger partial charge in [0, 0.05) is 49.3 Å². The van der Waals surface area contributed by atoms with Crippen molar-refractivity contribution in [2.24, 2.45) is 12.8 Å². The molecule has 0 aliphatic carbocycles.